The third-order valence-corrected chi connectivity index (χ3v) is 3.75. The van der Waals surface area contributed by atoms with Crippen molar-refractivity contribution in [3.05, 3.63) is 28.8 Å². The lowest BCUT2D eigenvalue weighted by molar-refractivity contribution is 0.100. The first-order chi connectivity index (χ1) is 8.63. The second kappa shape index (κ2) is 5.59. The van der Waals surface area contributed by atoms with Gasteiger partial charge in [0.25, 0.3) is 5.91 Å². The number of carbonyl (C=O) groups is 1. The number of primary amides is 1. The van der Waals surface area contributed by atoms with Crippen molar-refractivity contribution < 1.29 is 4.79 Å². The highest BCUT2D eigenvalue weighted by molar-refractivity contribution is 6.34. The predicted octanol–water partition coefficient (Wildman–Crippen LogP) is 1.61. The van der Waals surface area contributed by atoms with Crippen LogP contribution in [0.2, 0.25) is 5.02 Å². The van der Waals surface area contributed by atoms with E-state index >= 15 is 0 Å². The molecular weight excluding hydrogens is 250 g/mol. The zero-order chi connectivity index (χ0) is 13.1. The summed E-state index contributed by atoms with van der Waals surface area (Å²) < 4.78 is 0. The summed E-state index contributed by atoms with van der Waals surface area (Å²) in [6.07, 6.45) is 2.21. The quantitative estimate of drug-likeness (QED) is 0.874. The Morgan fingerprint density at radius 2 is 2.28 bits per heavy atom. The topological polar surface area (TPSA) is 72.3 Å². The van der Waals surface area contributed by atoms with Crippen molar-refractivity contribution in [1.82, 2.24) is 0 Å². The van der Waals surface area contributed by atoms with Crippen LogP contribution in [-0.4, -0.2) is 25.5 Å². The molecule has 0 bridgehead atoms. The summed E-state index contributed by atoms with van der Waals surface area (Å²) in [5, 5.41) is 0.412. The van der Waals surface area contributed by atoms with Crippen molar-refractivity contribution in [2.45, 2.75) is 12.8 Å². The molecule has 5 heteroatoms. The number of hydrogen-bond donors (Lipinski definition) is 2. The van der Waals surface area contributed by atoms with Crippen molar-refractivity contribution >= 4 is 23.2 Å². The van der Waals surface area contributed by atoms with Gasteiger partial charge in [0, 0.05) is 13.1 Å². The van der Waals surface area contributed by atoms with Gasteiger partial charge >= 0.3 is 0 Å². The number of hydrogen-bond acceptors (Lipinski definition) is 3. The number of halogens is 1. The molecule has 1 aromatic rings. The molecule has 1 saturated heterocycles. The minimum atomic E-state index is -0.481. The summed E-state index contributed by atoms with van der Waals surface area (Å²) in [6.45, 7) is 2.44. The number of benzene rings is 1. The summed E-state index contributed by atoms with van der Waals surface area (Å²) >= 11 is 6.06. The number of rotatable bonds is 3. The molecule has 1 heterocycles. The van der Waals surface area contributed by atoms with Crippen LogP contribution in [0.3, 0.4) is 0 Å². The van der Waals surface area contributed by atoms with Gasteiger partial charge in [-0.25, -0.2) is 0 Å². The zero-order valence-corrected chi connectivity index (χ0v) is 11.0. The summed E-state index contributed by atoms with van der Waals surface area (Å²) in [4.78, 5) is 13.7. The number of nitrogens with two attached hydrogens (primary N) is 2. The SMILES string of the molecule is NCC1CCCN(c2cccc(Cl)c2C(N)=O)C1. The number of amides is 1. The van der Waals surface area contributed by atoms with Gasteiger partial charge in [-0.2, -0.15) is 0 Å². The van der Waals surface area contributed by atoms with Crippen LogP contribution in [-0.2, 0) is 0 Å². The average molecular weight is 268 g/mol. The molecule has 1 unspecified atom stereocenters. The fourth-order valence-electron chi connectivity index (χ4n) is 2.50. The fourth-order valence-corrected chi connectivity index (χ4v) is 2.76. The standard InChI is InChI=1S/C13H18ClN3O/c14-10-4-1-5-11(12(10)13(16)18)17-6-2-3-9(7-15)8-17/h1,4-5,9H,2-3,6-8,15H2,(H2,16,18). The van der Waals surface area contributed by atoms with Crippen molar-refractivity contribution in [2.75, 3.05) is 24.5 Å². The van der Waals surface area contributed by atoms with Gasteiger partial charge in [0.1, 0.15) is 0 Å². The van der Waals surface area contributed by atoms with Crippen LogP contribution >= 0.6 is 11.6 Å². The molecule has 0 aliphatic carbocycles. The van der Waals surface area contributed by atoms with E-state index in [9.17, 15) is 4.79 Å². The Labute approximate surface area is 112 Å². The van der Waals surface area contributed by atoms with E-state index in [-0.39, 0.29) is 0 Å². The first-order valence-electron chi connectivity index (χ1n) is 6.16. The van der Waals surface area contributed by atoms with E-state index in [1.807, 2.05) is 12.1 Å². The van der Waals surface area contributed by atoms with Gasteiger partial charge in [0.15, 0.2) is 0 Å². The van der Waals surface area contributed by atoms with Gasteiger partial charge in [-0.1, -0.05) is 17.7 Å². The lowest BCUT2D eigenvalue weighted by Crippen LogP contribution is -2.39. The Bertz CT molecular complexity index is 450. The minimum absolute atomic E-state index is 0.412. The second-order valence-electron chi connectivity index (χ2n) is 4.69. The minimum Gasteiger partial charge on any atom is -0.371 e. The molecule has 0 spiro atoms. The molecule has 1 fully saturated rings. The molecule has 1 atom stereocenters. The van der Waals surface area contributed by atoms with Crippen LogP contribution in [0.1, 0.15) is 23.2 Å². The maximum Gasteiger partial charge on any atom is 0.252 e. The summed E-state index contributed by atoms with van der Waals surface area (Å²) in [5.74, 6) is -0.0102. The number of carbonyl (C=O) groups excluding carboxylic acids is 1. The molecule has 18 heavy (non-hydrogen) atoms. The molecule has 98 valence electrons. The second-order valence-corrected chi connectivity index (χ2v) is 5.10. The number of anilines is 1. The monoisotopic (exact) mass is 267 g/mol. The molecular formula is C13H18ClN3O. The molecule has 1 amide bonds. The number of nitrogens with zero attached hydrogens (tertiary/aromatic N) is 1. The van der Waals surface area contributed by atoms with Crippen LogP contribution in [0.25, 0.3) is 0 Å². The zero-order valence-electron chi connectivity index (χ0n) is 10.2. The van der Waals surface area contributed by atoms with Gasteiger partial charge < -0.3 is 16.4 Å². The van der Waals surface area contributed by atoms with E-state index in [4.69, 9.17) is 23.1 Å². The lowest BCUT2D eigenvalue weighted by Gasteiger charge is -2.34. The highest BCUT2D eigenvalue weighted by Crippen LogP contribution is 2.30. The van der Waals surface area contributed by atoms with E-state index in [0.717, 1.165) is 31.6 Å². The van der Waals surface area contributed by atoms with Gasteiger partial charge in [-0.05, 0) is 37.4 Å². The highest BCUT2D eigenvalue weighted by atomic mass is 35.5. The highest BCUT2D eigenvalue weighted by Gasteiger charge is 2.23. The molecule has 4 nitrogen and oxygen atoms in total. The summed E-state index contributed by atoms with van der Waals surface area (Å²) in [5.41, 5.74) is 12.4. The van der Waals surface area contributed by atoms with Gasteiger partial charge in [-0.15, -0.1) is 0 Å². The van der Waals surface area contributed by atoms with Crippen LogP contribution in [0.4, 0.5) is 5.69 Å². The van der Waals surface area contributed by atoms with Crippen molar-refractivity contribution in [3.63, 3.8) is 0 Å². The third kappa shape index (κ3) is 2.60. The Morgan fingerprint density at radius 3 is 2.94 bits per heavy atom. The van der Waals surface area contributed by atoms with E-state index < -0.39 is 5.91 Å². The molecule has 0 radical (unpaired) electrons. The molecule has 1 aliphatic heterocycles. The van der Waals surface area contributed by atoms with Crippen LogP contribution < -0.4 is 16.4 Å². The third-order valence-electron chi connectivity index (χ3n) is 3.43. The molecule has 4 N–H and O–H groups in total. The molecule has 2 rings (SSSR count). The smallest absolute Gasteiger partial charge is 0.252 e. The van der Waals surface area contributed by atoms with Crippen molar-refractivity contribution in [3.8, 4) is 0 Å². The van der Waals surface area contributed by atoms with Crippen molar-refractivity contribution in [1.29, 1.82) is 0 Å². The average Bonchev–Trinajstić information content (AvgIpc) is 2.38. The Morgan fingerprint density at radius 1 is 1.50 bits per heavy atom. The Hall–Kier alpha value is -1.26. The summed E-state index contributed by atoms with van der Waals surface area (Å²) in [7, 11) is 0. The van der Waals surface area contributed by atoms with Crippen LogP contribution in [0, 0.1) is 5.92 Å². The summed E-state index contributed by atoms with van der Waals surface area (Å²) in [6, 6.07) is 5.43. The van der Waals surface area contributed by atoms with Crippen LogP contribution in [0.15, 0.2) is 18.2 Å². The maximum atomic E-state index is 11.5. The molecule has 0 aromatic heterocycles. The first-order valence-corrected chi connectivity index (χ1v) is 6.54. The Kier molecular flexibility index (Phi) is 4.09. The van der Waals surface area contributed by atoms with Crippen molar-refractivity contribution in [2.24, 2.45) is 17.4 Å². The molecule has 1 aromatic carbocycles. The largest absolute Gasteiger partial charge is 0.371 e. The Balaban J connectivity index is 2.32. The van der Waals surface area contributed by atoms with E-state index in [1.54, 1.807) is 6.07 Å². The number of piperidine rings is 1. The lowest BCUT2D eigenvalue weighted by atomic mass is 9.97. The molecule has 1 aliphatic rings. The van der Waals surface area contributed by atoms with Crippen LogP contribution in [0.5, 0.6) is 0 Å². The van der Waals surface area contributed by atoms with Gasteiger partial charge in [0.05, 0.1) is 16.3 Å². The normalized spacial score (nSPS) is 19.9. The van der Waals surface area contributed by atoms with E-state index in [2.05, 4.69) is 4.90 Å². The maximum absolute atomic E-state index is 11.5. The van der Waals surface area contributed by atoms with Gasteiger partial charge in [0.2, 0.25) is 0 Å². The van der Waals surface area contributed by atoms with Gasteiger partial charge in [-0.3, -0.25) is 4.79 Å². The molecule has 0 saturated carbocycles. The fraction of sp³-hybridized carbons (Fsp3) is 0.462. The van der Waals surface area contributed by atoms with E-state index in [1.165, 1.54) is 0 Å². The van der Waals surface area contributed by atoms with E-state index in [0.29, 0.717) is 23.0 Å². The first kappa shape index (κ1) is 13.2. The predicted molar refractivity (Wildman–Crippen MR) is 74.0 cm³/mol.